The van der Waals surface area contributed by atoms with Gasteiger partial charge in [-0.1, -0.05) is 11.3 Å². The smallest absolute Gasteiger partial charge is 0.406 e. The van der Waals surface area contributed by atoms with Crippen LogP contribution >= 0.6 is 27.3 Å². The lowest BCUT2D eigenvalue weighted by molar-refractivity contribution is -0.274. The van der Waals surface area contributed by atoms with Crippen LogP contribution in [0.3, 0.4) is 0 Å². The van der Waals surface area contributed by atoms with E-state index in [1.807, 2.05) is 0 Å². The van der Waals surface area contributed by atoms with Gasteiger partial charge in [-0.2, -0.15) is 0 Å². The lowest BCUT2D eigenvalue weighted by Crippen LogP contribution is -2.17. The number of anilines is 1. The summed E-state index contributed by atoms with van der Waals surface area (Å²) in [6.07, 6.45) is -3.22. The molecule has 0 saturated carbocycles. The highest BCUT2D eigenvalue weighted by molar-refractivity contribution is 9.11. The molecular formula is C11H6BrF3N2O2S. The third-order valence-electron chi connectivity index (χ3n) is 2.05. The molecule has 2 aromatic rings. The molecule has 0 radical (unpaired) electrons. The van der Waals surface area contributed by atoms with Crippen molar-refractivity contribution >= 4 is 38.3 Å². The van der Waals surface area contributed by atoms with Crippen LogP contribution in [0.1, 0.15) is 10.4 Å². The van der Waals surface area contributed by atoms with Crippen molar-refractivity contribution in [3.8, 4) is 5.75 Å². The van der Waals surface area contributed by atoms with E-state index in [1.165, 1.54) is 29.7 Å². The van der Waals surface area contributed by atoms with Crippen molar-refractivity contribution < 1.29 is 22.7 Å². The van der Waals surface area contributed by atoms with E-state index in [0.717, 1.165) is 15.9 Å². The van der Waals surface area contributed by atoms with Crippen LogP contribution in [-0.2, 0) is 0 Å². The van der Waals surface area contributed by atoms with Crippen LogP contribution in [0.2, 0.25) is 0 Å². The van der Waals surface area contributed by atoms with Crippen LogP contribution in [0.15, 0.2) is 34.2 Å². The topological polar surface area (TPSA) is 51.2 Å². The standard InChI is InChI=1S/C11H6BrF3N2O2S/c12-8-5-16-10(20-8)17-9(18)6-1-3-7(4-2-6)19-11(13,14)15/h1-5H,(H,16,17,18). The van der Waals surface area contributed by atoms with Gasteiger partial charge in [-0.25, -0.2) is 4.98 Å². The summed E-state index contributed by atoms with van der Waals surface area (Å²) in [5, 5.41) is 2.91. The lowest BCUT2D eigenvalue weighted by atomic mass is 10.2. The Bertz CT molecular complexity index is 613. The number of carbonyl (C=O) groups excluding carboxylic acids is 1. The van der Waals surface area contributed by atoms with Gasteiger partial charge in [0.1, 0.15) is 5.75 Å². The molecule has 0 aliphatic heterocycles. The Morgan fingerprint density at radius 2 is 1.95 bits per heavy atom. The van der Waals surface area contributed by atoms with E-state index in [0.29, 0.717) is 5.13 Å². The number of ether oxygens (including phenoxy) is 1. The van der Waals surface area contributed by atoms with E-state index >= 15 is 0 Å². The normalized spacial score (nSPS) is 11.2. The molecule has 0 aliphatic rings. The first-order valence-corrected chi connectivity index (χ1v) is 6.73. The molecule has 0 aliphatic carbocycles. The maximum absolute atomic E-state index is 12.0. The summed E-state index contributed by atoms with van der Waals surface area (Å²) in [4.78, 5) is 15.7. The molecule has 1 aromatic carbocycles. The number of hydrogen-bond donors (Lipinski definition) is 1. The predicted molar refractivity (Wildman–Crippen MR) is 70.9 cm³/mol. The van der Waals surface area contributed by atoms with E-state index in [2.05, 4.69) is 31.0 Å². The molecule has 0 saturated heterocycles. The predicted octanol–water partition coefficient (Wildman–Crippen LogP) is 4.06. The van der Waals surface area contributed by atoms with Gasteiger partial charge >= 0.3 is 6.36 Å². The van der Waals surface area contributed by atoms with Gasteiger partial charge in [-0.15, -0.1) is 13.2 Å². The number of nitrogens with one attached hydrogen (secondary N) is 1. The molecule has 0 bridgehead atoms. The van der Waals surface area contributed by atoms with E-state index in [4.69, 9.17) is 0 Å². The molecule has 1 aromatic heterocycles. The monoisotopic (exact) mass is 366 g/mol. The highest BCUT2D eigenvalue weighted by Crippen LogP contribution is 2.25. The Morgan fingerprint density at radius 1 is 1.30 bits per heavy atom. The Balaban J connectivity index is 2.04. The first-order chi connectivity index (χ1) is 9.33. The first-order valence-electron chi connectivity index (χ1n) is 5.12. The van der Waals surface area contributed by atoms with Crippen molar-refractivity contribution in [3.63, 3.8) is 0 Å². The highest BCUT2D eigenvalue weighted by Gasteiger charge is 2.31. The minimum Gasteiger partial charge on any atom is -0.406 e. The minimum atomic E-state index is -4.75. The third kappa shape index (κ3) is 4.20. The number of thiazole rings is 1. The number of aromatic nitrogens is 1. The average Bonchev–Trinajstić information content (AvgIpc) is 2.73. The van der Waals surface area contributed by atoms with E-state index in [-0.39, 0.29) is 11.3 Å². The molecular weight excluding hydrogens is 361 g/mol. The average molecular weight is 367 g/mol. The van der Waals surface area contributed by atoms with Gasteiger partial charge < -0.3 is 4.74 Å². The summed E-state index contributed by atoms with van der Waals surface area (Å²) in [7, 11) is 0. The second-order valence-electron chi connectivity index (χ2n) is 3.50. The van der Waals surface area contributed by atoms with Crippen molar-refractivity contribution in [2.45, 2.75) is 6.36 Å². The maximum Gasteiger partial charge on any atom is 0.573 e. The first kappa shape index (κ1) is 14.8. The fourth-order valence-electron chi connectivity index (χ4n) is 1.29. The van der Waals surface area contributed by atoms with Crippen LogP contribution in [0.5, 0.6) is 5.75 Å². The number of alkyl halides is 3. The molecule has 4 nitrogen and oxygen atoms in total. The number of amides is 1. The van der Waals surface area contributed by atoms with E-state index in [9.17, 15) is 18.0 Å². The number of carbonyl (C=O) groups is 1. The minimum absolute atomic E-state index is 0.200. The molecule has 0 fully saturated rings. The molecule has 0 spiro atoms. The van der Waals surface area contributed by atoms with Crippen molar-refractivity contribution in [1.82, 2.24) is 4.98 Å². The fourth-order valence-corrected chi connectivity index (χ4v) is 2.39. The van der Waals surface area contributed by atoms with Crippen molar-refractivity contribution in [2.24, 2.45) is 0 Å². The fraction of sp³-hybridized carbons (Fsp3) is 0.0909. The summed E-state index contributed by atoms with van der Waals surface area (Å²) in [6, 6.07) is 4.61. The summed E-state index contributed by atoms with van der Waals surface area (Å²) in [5.74, 6) is -0.851. The van der Waals surface area contributed by atoms with Gasteiger partial charge in [0.15, 0.2) is 5.13 Å². The molecule has 0 atom stereocenters. The zero-order valence-electron chi connectivity index (χ0n) is 9.57. The van der Waals surface area contributed by atoms with Gasteiger partial charge in [0.2, 0.25) is 0 Å². The largest absolute Gasteiger partial charge is 0.573 e. The van der Waals surface area contributed by atoms with Gasteiger partial charge in [-0.05, 0) is 40.2 Å². The quantitative estimate of drug-likeness (QED) is 0.891. The number of halogens is 4. The second-order valence-corrected chi connectivity index (χ2v) is 5.91. The van der Waals surface area contributed by atoms with Crippen LogP contribution in [0.4, 0.5) is 18.3 Å². The summed E-state index contributed by atoms with van der Waals surface area (Å²) in [5.41, 5.74) is 0.200. The SMILES string of the molecule is O=C(Nc1ncc(Br)s1)c1ccc(OC(F)(F)F)cc1. The van der Waals surface area contributed by atoms with Crippen LogP contribution in [0, 0.1) is 0 Å². The molecule has 9 heteroatoms. The summed E-state index contributed by atoms with van der Waals surface area (Å²) < 4.78 is 40.4. The van der Waals surface area contributed by atoms with Gasteiger partial charge in [0.05, 0.1) is 9.98 Å². The zero-order valence-corrected chi connectivity index (χ0v) is 12.0. The molecule has 20 heavy (non-hydrogen) atoms. The Kier molecular flexibility index (Phi) is 4.29. The molecule has 1 heterocycles. The molecule has 2 rings (SSSR count). The zero-order chi connectivity index (χ0) is 14.8. The number of hydrogen-bond acceptors (Lipinski definition) is 4. The summed E-state index contributed by atoms with van der Waals surface area (Å²) >= 11 is 4.42. The lowest BCUT2D eigenvalue weighted by Gasteiger charge is -2.09. The Morgan fingerprint density at radius 3 is 2.45 bits per heavy atom. The van der Waals surface area contributed by atoms with Crippen molar-refractivity contribution in [2.75, 3.05) is 5.32 Å². The van der Waals surface area contributed by atoms with Crippen LogP contribution in [-0.4, -0.2) is 17.3 Å². The third-order valence-corrected chi connectivity index (χ3v) is 3.44. The molecule has 0 unspecified atom stereocenters. The van der Waals surface area contributed by atoms with Gasteiger partial charge in [0, 0.05) is 5.56 Å². The maximum atomic E-state index is 12.0. The van der Waals surface area contributed by atoms with Crippen LogP contribution < -0.4 is 10.1 Å². The molecule has 1 N–H and O–H groups in total. The van der Waals surface area contributed by atoms with Gasteiger partial charge in [0.25, 0.3) is 5.91 Å². The van der Waals surface area contributed by atoms with Gasteiger partial charge in [-0.3, -0.25) is 10.1 Å². The molecule has 106 valence electrons. The second kappa shape index (κ2) is 5.80. The highest BCUT2D eigenvalue weighted by atomic mass is 79.9. The summed E-state index contributed by atoms with van der Waals surface area (Å²) in [6.45, 7) is 0. The Hall–Kier alpha value is -1.61. The van der Waals surface area contributed by atoms with E-state index in [1.54, 1.807) is 0 Å². The van der Waals surface area contributed by atoms with E-state index < -0.39 is 12.3 Å². The van der Waals surface area contributed by atoms with Crippen molar-refractivity contribution in [3.05, 3.63) is 39.8 Å². The van der Waals surface area contributed by atoms with Crippen LogP contribution in [0.25, 0.3) is 0 Å². The Labute approximate surface area is 123 Å². The number of nitrogens with zero attached hydrogens (tertiary/aromatic N) is 1. The molecule has 1 amide bonds. The number of rotatable bonds is 3. The van der Waals surface area contributed by atoms with Crippen molar-refractivity contribution in [1.29, 1.82) is 0 Å². The number of benzene rings is 1.